The zero-order valence-corrected chi connectivity index (χ0v) is 11.9. The Bertz CT molecular complexity index is 414. The second kappa shape index (κ2) is 6.68. The zero-order chi connectivity index (χ0) is 14.6. The first kappa shape index (κ1) is 15.7. The SMILES string of the molecule is CC(NC(C)C(O)c1ccc(C(C)C)cc1)C(=O)O. The van der Waals surface area contributed by atoms with E-state index in [1.54, 1.807) is 13.8 Å². The standard InChI is InChI=1S/C15H23NO3/c1-9(2)12-5-7-13(8-6-12)14(17)10(3)16-11(4)15(18)19/h5-11,14,16-17H,1-4H3,(H,18,19). The van der Waals surface area contributed by atoms with E-state index in [1.807, 2.05) is 24.3 Å². The molecule has 4 heteroatoms. The van der Waals surface area contributed by atoms with Crippen LogP contribution in [0.15, 0.2) is 24.3 Å². The maximum Gasteiger partial charge on any atom is 0.320 e. The Kier molecular flexibility index (Phi) is 5.51. The maximum atomic E-state index is 10.8. The lowest BCUT2D eigenvalue weighted by molar-refractivity contribution is -0.139. The summed E-state index contributed by atoms with van der Waals surface area (Å²) < 4.78 is 0. The van der Waals surface area contributed by atoms with Crippen LogP contribution in [0, 0.1) is 0 Å². The molecule has 0 fully saturated rings. The Morgan fingerprint density at radius 3 is 1.95 bits per heavy atom. The van der Waals surface area contributed by atoms with Crippen molar-refractivity contribution in [2.75, 3.05) is 0 Å². The lowest BCUT2D eigenvalue weighted by Crippen LogP contribution is -2.42. The molecule has 0 aliphatic rings. The molecule has 19 heavy (non-hydrogen) atoms. The fraction of sp³-hybridized carbons (Fsp3) is 0.533. The van der Waals surface area contributed by atoms with Gasteiger partial charge in [-0.3, -0.25) is 10.1 Å². The molecule has 0 amide bonds. The third-order valence-corrected chi connectivity index (χ3v) is 3.30. The van der Waals surface area contributed by atoms with Crippen molar-refractivity contribution in [1.82, 2.24) is 5.32 Å². The third-order valence-electron chi connectivity index (χ3n) is 3.30. The van der Waals surface area contributed by atoms with Crippen LogP contribution in [0.25, 0.3) is 0 Å². The molecule has 0 aromatic heterocycles. The Labute approximate surface area is 114 Å². The fourth-order valence-electron chi connectivity index (χ4n) is 1.92. The Morgan fingerprint density at radius 1 is 1.05 bits per heavy atom. The van der Waals surface area contributed by atoms with Crippen molar-refractivity contribution in [2.24, 2.45) is 0 Å². The van der Waals surface area contributed by atoms with Crippen LogP contribution in [0.4, 0.5) is 0 Å². The largest absolute Gasteiger partial charge is 0.480 e. The van der Waals surface area contributed by atoms with Gasteiger partial charge in [0.1, 0.15) is 6.04 Å². The van der Waals surface area contributed by atoms with Crippen molar-refractivity contribution in [1.29, 1.82) is 0 Å². The molecule has 0 radical (unpaired) electrons. The van der Waals surface area contributed by atoms with Gasteiger partial charge >= 0.3 is 5.97 Å². The summed E-state index contributed by atoms with van der Waals surface area (Å²) in [6.45, 7) is 7.57. The molecule has 3 atom stereocenters. The molecule has 0 aliphatic heterocycles. The molecule has 0 aliphatic carbocycles. The number of carbonyl (C=O) groups is 1. The highest BCUT2D eigenvalue weighted by molar-refractivity contribution is 5.72. The number of carboxylic acid groups (broad SMARTS) is 1. The number of nitrogens with one attached hydrogen (secondary N) is 1. The van der Waals surface area contributed by atoms with Crippen molar-refractivity contribution >= 4 is 5.97 Å². The van der Waals surface area contributed by atoms with Crippen LogP contribution in [0.3, 0.4) is 0 Å². The predicted molar refractivity (Wildman–Crippen MR) is 75.2 cm³/mol. The normalized spacial score (nSPS) is 16.1. The van der Waals surface area contributed by atoms with Crippen LogP contribution in [0.2, 0.25) is 0 Å². The summed E-state index contributed by atoms with van der Waals surface area (Å²) >= 11 is 0. The first-order chi connectivity index (χ1) is 8.82. The summed E-state index contributed by atoms with van der Waals surface area (Å²) in [7, 11) is 0. The van der Waals surface area contributed by atoms with Crippen LogP contribution in [0.1, 0.15) is 50.8 Å². The predicted octanol–water partition coefficient (Wildman–Crippen LogP) is 2.29. The fourth-order valence-corrected chi connectivity index (χ4v) is 1.92. The summed E-state index contributed by atoms with van der Waals surface area (Å²) in [6.07, 6.45) is -0.719. The van der Waals surface area contributed by atoms with Gasteiger partial charge in [0, 0.05) is 6.04 Å². The first-order valence-electron chi connectivity index (χ1n) is 6.59. The lowest BCUT2D eigenvalue weighted by atomic mass is 9.97. The average Bonchev–Trinajstić information content (AvgIpc) is 2.37. The molecule has 0 saturated carbocycles. The van der Waals surface area contributed by atoms with Gasteiger partial charge < -0.3 is 10.2 Å². The van der Waals surface area contributed by atoms with E-state index in [9.17, 15) is 9.90 Å². The van der Waals surface area contributed by atoms with Crippen molar-refractivity contribution in [3.8, 4) is 0 Å². The summed E-state index contributed by atoms with van der Waals surface area (Å²) in [6, 6.07) is 6.77. The number of aliphatic hydroxyl groups is 1. The molecule has 0 heterocycles. The quantitative estimate of drug-likeness (QED) is 0.738. The Balaban J connectivity index is 2.71. The first-order valence-corrected chi connectivity index (χ1v) is 6.59. The molecule has 0 bridgehead atoms. The van der Waals surface area contributed by atoms with Crippen molar-refractivity contribution < 1.29 is 15.0 Å². The summed E-state index contributed by atoms with van der Waals surface area (Å²) in [5.74, 6) is -0.469. The van der Waals surface area contributed by atoms with Crippen molar-refractivity contribution in [3.63, 3.8) is 0 Å². The summed E-state index contributed by atoms with van der Waals surface area (Å²) in [5.41, 5.74) is 2.01. The van der Waals surface area contributed by atoms with E-state index in [0.717, 1.165) is 5.56 Å². The minimum absolute atomic E-state index is 0.323. The third kappa shape index (κ3) is 4.33. The number of hydrogen-bond acceptors (Lipinski definition) is 3. The molecule has 0 spiro atoms. The topological polar surface area (TPSA) is 69.6 Å². The molecule has 1 aromatic rings. The maximum absolute atomic E-state index is 10.8. The average molecular weight is 265 g/mol. The smallest absolute Gasteiger partial charge is 0.320 e. The van der Waals surface area contributed by atoms with Gasteiger partial charge in [0.25, 0.3) is 0 Å². The monoisotopic (exact) mass is 265 g/mol. The van der Waals surface area contributed by atoms with E-state index in [4.69, 9.17) is 5.11 Å². The van der Waals surface area contributed by atoms with Crippen LogP contribution in [-0.2, 0) is 4.79 Å². The molecule has 4 nitrogen and oxygen atoms in total. The van der Waals surface area contributed by atoms with Gasteiger partial charge in [-0.15, -0.1) is 0 Å². The number of rotatable bonds is 6. The van der Waals surface area contributed by atoms with Gasteiger partial charge in [0.05, 0.1) is 6.10 Å². The second-order valence-electron chi connectivity index (χ2n) is 5.28. The summed E-state index contributed by atoms with van der Waals surface area (Å²) in [4.78, 5) is 10.8. The molecular formula is C15H23NO3. The van der Waals surface area contributed by atoms with E-state index in [2.05, 4.69) is 19.2 Å². The summed E-state index contributed by atoms with van der Waals surface area (Å²) in [5, 5.41) is 21.9. The number of aliphatic hydroxyl groups excluding tert-OH is 1. The minimum Gasteiger partial charge on any atom is -0.480 e. The van der Waals surface area contributed by atoms with E-state index in [-0.39, 0.29) is 6.04 Å². The molecule has 0 saturated heterocycles. The molecule has 3 N–H and O–H groups in total. The Morgan fingerprint density at radius 2 is 1.53 bits per heavy atom. The van der Waals surface area contributed by atoms with Crippen LogP contribution >= 0.6 is 0 Å². The van der Waals surface area contributed by atoms with E-state index in [0.29, 0.717) is 5.92 Å². The molecule has 1 aromatic carbocycles. The second-order valence-corrected chi connectivity index (χ2v) is 5.28. The number of hydrogen-bond donors (Lipinski definition) is 3. The molecule has 1 rings (SSSR count). The number of aliphatic carboxylic acids is 1. The van der Waals surface area contributed by atoms with Gasteiger partial charge in [-0.1, -0.05) is 38.1 Å². The van der Waals surface area contributed by atoms with Gasteiger partial charge in [0.15, 0.2) is 0 Å². The van der Waals surface area contributed by atoms with Crippen LogP contribution in [-0.4, -0.2) is 28.3 Å². The zero-order valence-electron chi connectivity index (χ0n) is 11.9. The lowest BCUT2D eigenvalue weighted by Gasteiger charge is -2.23. The van der Waals surface area contributed by atoms with E-state index < -0.39 is 18.1 Å². The minimum atomic E-state index is -0.922. The highest BCUT2D eigenvalue weighted by Gasteiger charge is 2.21. The number of carboxylic acids is 1. The van der Waals surface area contributed by atoms with Crippen molar-refractivity contribution in [3.05, 3.63) is 35.4 Å². The van der Waals surface area contributed by atoms with Gasteiger partial charge in [0.2, 0.25) is 0 Å². The van der Waals surface area contributed by atoms with E-state index >= 15 is 0 Å². The van der Waals surface area contributed by atoms with Gasteiger partial charge in [-0.25, -0.2) is 0 Å². The van der Waals surface area contributed by atoms with Crippen LogP contribution in [0.5, 0.6) is 0 Å². The van der Waals surface area contributed by atoms with Crippen molar-refractivity contribution in [2.45, 2.75) is 51.8 Å². The molecule has 106 valence electrons. The molecule has 3 unspecified atom stereocenters. The Hall–Kier alpha value is -1.39. The van der Waals surface area contributed by atoms with E-state index in [1.165, 1.54) is 5.56 Å². The molecular weight excluding hydrogens is 242 g/mol. The van der Waals surface area contributed by atoms with Gasteiger partial charge in [-0.2, -0.15) is 0 Å². The number of benzene rings is 1. The van der Waals surface area contributed by atoms with Gasteiger partial charge in [-0.05, 0) is 30.9 Å². The highest BCUT2D eigenvalue weighted by atomic mass is 16.4. The van der Waals surface area contributed by atoms with Crippen LogP contribution < -0.4 is 5.32 Å². The highest BCUT2D eigenvalue weighted by Crippen LogP contribution is 2.21.